The Labute approximate surface area is 129 Å². The molecule has 1 N–H and O–H groups in total. The Morgan fingerprint density at radius 1 is 1.41 bits per heavy atom. The van der Waals surface area contributed by atoms with Crippen molar-refractivity contribution in [3.8, 4) is 0 Å². The van der Waals surface area contributed by atoms with Gasteiger partial charge in [-0.3, -0.25) is 0 Å². The van der Waals surface area contributed by atoms with Crippen molar-refractivity contribution >= 4 is 0 Å². The van der Waals surface area contributed by atoms with Crippen molar-refractivity contribution in [1.29, 1.82) is 0 Å². The molecule has 3 rings (SSSR count). The van der Waals surface area contributed by atoms with Gasteiger partial charge in [0.2, 0.25) is 0 Å². The first-order chi connectivity index (χ1) is 10.7. The van der Waals surface area contributed by atoms with Gasteiger partial charge in [-0.2, -0.15) is 0 Å². The average Bonchev–Trinajstić information content (AvgIpc) is 3.17. The van der Waals surface area contributed by atoms with Crippen LogP contribution in [0.15, 0.2) is 36.7 Å². The molecule has 0 spiro atoms. The van der Waals surface area contributed by atoms with E-state index in [1.165, 1.54) is 6.07 Å². The van der Waals surface area contributed by atoms with Crippen LogP contribution >= 0.6 is 0 Å². The maximum Gasteiger partial charge on any atom is 0.126 e. The van der Waals surface area contributed by atoms with Gasteiger partial charge in [-0.05, 0) is 31.4 Å². The summed E-state index contributed by atoms with van der Waals surface area (Å²) in [5.41, 5.74) is 0.770. The molecule has 0 saturated carbocycles. The molecule has 118 valence electrons. The number of halogens is 1. The van der Waals surface area contributed by atoms with Crippen LogP contribution in [0.1, 0.15) is 24.9 Å². The molecule has 2 aromatic rings. The Bertz CT molecular complexity index is 590. The summed E-state index contributed by atoms with van der Waals surface area (Å²) in [6.07, 6.45) is 5.14. The van der Waals surface area contributed by atoms with E-state index in [1.54, 1.807) is 12.3 Å². The van der Waals surface area contributed by atoms with Crippen LogP contribution in [0.3, 0.4) is 0 Å². The number of nitrogens with one attached hydrogen (secondary N) is 1. The highest BCUT2D eigenvalue weighted by molar-refractivity contribution is 5.17. The van der Waals surface area contributed by atoms with E-state index in [0.29, 0.717) is 13.2 Å². The van der Waals surface area contributed by atoms with Crippen molar-refractivity contribution in [2.24, 2.45) is 0 Å². The maximum atomic E-state index is 13.6. The van der Waals surface area contributed by atoms with Crippen molar-refractivity contribution in [2.45, 2.75) is 37.9 Å². The minimum absolute atomic E-state index is 0.126. The molecule has 1 aromatic carbocycles. The van der Waals surface area contributed by atoms with Gasteiger partial charge >= 0.3 is 0 Å². The Morgan fingerprint density at radius 3 is 3.05 bits per heavy atom. The number of hydrogen-bond acceptors (Lipinski definition) is 4. The predicted molar refractivity (Wildman–Crippen MR) is 81.0 cm³/mol. The standard InChI is InChI=1S/C16H21FN4O/c1-12(6-7-13-4-2-3-5-14(13)17)19-15-10-22-11-16(15)21-9-8-18-20-21/h2-5,8-9,12,15-16,19H,6-7,10-11H2,1H3/t12?,15-,16+/m0/s1. The van der Waals surface area contributed by atoms with Crippen LogP contribution in [0.2, 0.25) is 0 Å². The van der Waals surface area contributed by atoms with Gasteiger partial charge in [0.05, 0.1) is 31.5 Å². The Hall–Kier alpha value is -1.79. The summed E-state index contributed by atoms with van der Waals surface area (Å²) in [6, 6.07) is 7.60. The molecule has 1 aliphatic heterocycles. The second-order valence-electron chi connectivity index (χ2n) is 5.79. The third-order valence-corrected chi connectivity index (χ3v) is 4.13. The van der Waals surface area contributed by atoms with Gasteiger partial charge in [0.25, 0.3) is 0 Å². The second kappa shape index (κ2) is 6.98. The van der Waals surface area contributed by atoms with Crippen molar-refractivity contribution in [1.82, 2.24) is 20.3 Å². The quantitative estimate of drug-likeness (QED) is 0.886. The number of aromatic nitrogens is 3. The SMILES string of the molecule is CC(CCc1ccccc1F)N[C@H]1COC[C@H]1n1ccnn1. The number of ether oxygens (including phenoxy) is 1. The van der Waals surface area contributed by atoms with Crippen molar-refractivity contribution in [3.05, 3.63) is 48.0 Å². The third-order valence-electron chi connectivity index (χ3n) is 4.13. The van der Waals surface area contributed by atoms with E-state index in [1.807, 2.05) is 23.0 Å². The lowest BCUT2D eigenvalue weighted by molar-refractivity contribution is 0.180. The number of nitrogens with zero attached hydrogens (tertiary/aromatic N) is 3. The Kier molecular flexibility index (Phi) is 4.80. The van der Waals surface area contributed by atoms with E-state index in [4.69, 9.17) is 4.74 Å². The van der Waals surface area contributed by atoms with Crippen LogP contribution in [0.4, 0.5) is 4.39 Å². The predicted octanol–water partition coefficient (Wildman–Crippen LogP) is 1.97. The van der Waals surface area contributed by atoms with E-state index < -0.39 is 0 Å². The zero-order valence-electron chi connectivity index (χ0n) is 12.7. The largest absolute Gasteiger partial charge is 0.377 e. The molecule has 2 heterocycles. The molecule has 0 aliphatic carbocycles. The summed E-state index contributed by atoms with van der Waals surface area (Å²) in [6.45, 7) is 3.42. The molecular weight excluding hydrogens is 283 g/mol. The molecule has 0 bridgehead atoms. The summed E-state index contributed by atoms with van der Waals surface area (Å²) in [7, 11) is 0. The van der Waals surface area contributed by atoms with Crippen LogP contribution in [-0.2, 0) is 11.2 Å². The van der Waals surface area contributed by atoms with E-state index in [-0.39, 0.29) is 23.9 Å². The first-order valence-corrected chi connectivity index (χ1v) is 7.67. The lowest BCUT2D eigenvalue weighted by Crippen LogP contribution is -2.42. The van der Waals surface area contributed by atoms with Gasteiger partial charge in [-0.15, -0.1) is 5.10 Å². The fraction of sp³-hybridized carbons (Fsp3) is 0.500. The van der Waals surface area contributed by atoms with Crippen LogP contribution in [-0.4, -0.2) is 40.3 Å². The molecule has 6 heteroatoms. The summed E-state index contributed by atoms with van der Waals surface area (Å²) in [5, 5.41) is 11.5. The molecule has 22 heavy (non-hydrogen) atoms. The van der Waals surface area contributed by atoms with Gasteiger partial charge in [-0.1, -0.05) is 23.4 Å². The van der Waals surface area contributed by atoms with Gasteiger partial charge < -0.3 is 10.1 Å². The first kappa shape index (κ1) is 15.1. The Morgan fingerprint density at radius 2 is 2.27 bits per heavy atom. The highest BCUT2D eigenvalue weighted by atomic mass is 19.1. The monoisotopic (exact) mass is 304 g/mol. The third kappa shape index (κ3) is 3.51. The lowest BCUT2D eigenvalue weighted by Gasteiger charge is -2.23. The number of hydrogen-bond donors (Lipinski definition) is 1. The normalized spacial score (nSPS) is 22.8. The summed E-state index contributed by atoms with van der Waals surface area (Å²) in [4.78, 5) is 0. The fourth-order valence-electron chi connectivity index (χ4n) is 2.88. The van der Waals surface area contributed by atoms with Crippen LogP contribution in [0.5, 0.6) is 0 Å². The average molecular weight is 304 g/mol. The molecule has 5 nitrogen and oxygen atoms in total. The van der Waals surface area contributed by atoms with Crippen molar-refractivity contribution < 1.29 is 9.13 Å². The maximum absolute atomic E-state index is 13.6. The van der Waals surface area contributed by atoms with Gasteiger partial charge in [0.1, 0.15) is 5.82 Å². The van der Waals surface area contributed by atoms with E-state index >= 15 is 0 Å². The minimum Gasteiger partial charge on any atom is -0.377 e. The highest BCUT2D eigenvalue weighted by Crippen LogP contribution is 2.19. The first-order valence-electron chi connectivity index (χ1n) is 7.67. The molecule has 1 fully saturated rings. The highest BCUT2D eigenvalue weighted by Gasteiger charge is 2.31. The van der Waals surface area contributed by atoms with Gasteiger partial charge in [0, 0.05) is 12.2 Å². The minimum atomic E-state index is -0.126. The summed E-state index contributed by atoms with van der Waals surface area (Å²) < 4.78 is 21.0. The van der Waals surface area contributed by atoms with Gasteiger partial charge in [0.15, 0.2) is 0 Å². The molecule has 1 unspecified atom stereocenters. The molecule has 0 amide bonds. The zero-order chi connectivity index (χ0) is 15.4. The molecule has 0 radical (unpaired) electrons. The Balaban J connectivity index is 1.53. The van der Waals surface area contributed by atoms with E-state index in [9.17, 15) is 4.39 Å². The van der Waals surface area contributed by atoms with E-state index in [0.717, 1.165) is 18.4 Å². The number of rotatable bonds is 6. The molecule has 3 atom stereocenters. The van der Waals surface area contributed by atoms with E-state index in [2.05, 4.69) is 22.6 Å². The second-order valence-corrected chi connectivity index (χ2v) is 5.79. The van der Waals surface area contributed by atoms with Crippen molar-refractivity contribution in [2.75, 3.05) is 13.2 Å². The van der Waals surface area contributed by atoms with Crippen LogP contribution in [0.25, 0.3) is 0 Å². The number of benzene rings is 1. The molecule has 1 saturated heterocycles. The van der Waals surface area contributed by atoms with Crippen molar-refractivity contribution in [3.63, 3.8) is 0 Å². The smallest absolute Gasteiger partial charge is 0.126 e. The topological polar surface area (TPSA) is 52.0 Å². The summed E-state index contributed by atoms with van der Waals surface area (Å²) in [5.74, 6) is -0.126. The lowest BCUT2D eigenvalue weighted by atomic mass is 10.0. The molecule has 1 aliphatic rings. The van der Waals surface area contributed by atoms with Crippen LogP contribution in [0, 0.1) is 5.82 Å². The molecule has 1 aromatic heterocycles. The molecular formula is C16H21FN4O. The zero-order valence-corrected chi connectivity index (χ0v) is 12.7. The van der Waals surface area contributed by atoms with Gasteiger partial charge in [-0.25, -0.2) is 9.07 Å². The summed E-state index contributed by atoms with van der Waals surface area (Å²) >= 11 is 0. The number of aryl methyl sites for hydroxylation is 1. The van der Waals surface area contributed by atoms with Crippen LogP contribution < -0.4 is 5.32 Å². The fourth-order valence-corrected chi connectivity index (χ4v) is 2.88.